The van der Waals surface area contributed by atoms with Gasteiger partial charge in [0, 0.05) is 11.9 Å². The Morgan fingerprint density at radius 3 is 2.89 bits per heavy atom. The molecule has 0 N–H and O–H groups in total. The van der Waals surface area contributed by atoms with Crippen molar-refractivity contribution in [1.29, 1.82) is 0 Å². The fourth-order valence-electron chi connectivity index (χ4n) is 2.15. The number of nitrogens with zero attached hydrogens (tertiary/aromatic N) is 2. The van der Waals surface area contributed by atoms with Gasteiger partial charge in [-0.3, -0.25) is 4.79 Å². The summed E-state index contributed by atoms with van der Waals surface area (Å²) >= 11 is 1.39. The van der Waals surface area contributed by atoms with E-state index in [1.807, 2.05) is 0 Å². The summed E-state index contributed by atoms with van der Waals surface area (Å²) in [4.78, 5) is 16.9. The molecule has 7 heteroatoms. The second-order valence-corrected chi connectivity index (χ2v) is 5.38. The van der Waals surface area contributed by atoms with Gasteiger partial charge in [-0.15, -0.1) is 11.3 Å². The molecule has 2 rings (SSSR count). The van der Waals surface area contributed by atoms with Gasteiger partial charge in [-0.05, 0) is 19.8 Å². The first-order chi connectivity index (χ1) is 8.38. The number of hydrogen-bond donors (Lipinski definition) is 0. The Morgan fingerprint density at radius 1 is 1.61 bits per heavy atom. The summed E-state index contributed by atoms with van der Waals surface area (Å²) in [6, 6.07) is -1.62. The molecule has 1 saturated heterocycles. The minimum Gasteiger partial charge on any atom is -0.330 e. The van der Waals surface area contributed by atoms with E-state index in [2.05, 4.69) is 4.98 Å². The van der Waals surface area contributed by atoms with Crippen molar-refractivity contribution in [3.05, 3.63) is 16.1 Å². The first-order valence-electron chi connectivity index (χ1n) is 5.65. The average molecular weight is 278 g/mol. The monoisotopic (exact) mass is 278 g/mol. The van der Waals surface area contributed by atoms with Crippen LogP contribution in [0, 0.1) is 6.92 Å². The van der Waals surface area contributed by atoms with E-state index < -0.39 is 18.1 Å². The second-order valence-electron chi connectivity index (χ2n) is 4.32. The third-order valence-corrected chi connectivity index (χ3v) is 3.77. The lowest BCUT2D eigenvalue weighted by Crippen LogP contribution is -2.45. The Kier molecular flexibility index (Phi) is 3.61. The number of likely N-dealkylation sites (tertiary alicyclic amines) is 1. The number of carbonyl (C=O) groups excluding carboxylic acids is 1. The van der Waals surface area contributed by atoms with Crippen molar-refractivity contribution in [2.24, 2.45) is 0 Å². The molecule has 1 aromatic heterocycles. The van der Waals surface area contributed by atoms with E-state index in [1.54, 1.807) is 12.3 Å². The first kappa shape index (κ1) is 13.3. The van der Waals surface area contributed by atoms with E-state index in [0.29, 0.717) is 12.1 Å². The molecule has 1 aromatic rings. The third-order valence-electron chi connectivity index (χ3n) is 2.95. The van der Waals surface area contributed by atoms with E-state index in [-0.39, 0.29) is 19.4 Å². The van der Waals surface area contributed by atoms with Crippen LogP contribution in [-0.2, 0) is 11.2 Å². The molecule has 1 fully saturated rings. The highest BCUT2D eigenvalue weighted by Crippen LogP contribution is 2.32. The molecule has 3 nitrogen and oxygen atoms in total. The van der Waals surface area contributed by atoms with Gasteiger partial charge < -0.3 is 4.90 Å². The van der Waals surface area contributed by atoms with E-state index in [9.17, 15) is 18.0 Å². The zero-order chi connectivity index (χ0) is 13.3. The van der Waals surface area contributed by atoms with Gasteiger partial charge >= 0.3 is 6.18 Å². The van der Waals surface area contributed by atoms with Crippen molar-refractivity contribution in [2.45, 2.75) is 38.4 Å². The molecule has 2 heterocycles. The van der Waals surface area contributed by atoms with Crippen molar-refractivity contribution in [2.75, 3.05) is 6.54 Å². The molecule has 1 aliphatic heterocycles. The number of hydrogen-bond acceptors (Lipinski definition) is 3. The van der Waals surface area contributed by atoms with Crippen LogP contribution < -0.4 is 0 Å². The zero-order valence-electron chi connectivity index (χ0n) is 9.83. The molecule has 0 saturated carbocycles. The summed E-state index contributed by atoms with van der Waals surface area (Å²) in [7, 11) is 0. The second kappa shape index (κ2) is 4.87. The molecule has 0 radical (unpaired) electrons. The quantitative estimate of drug-likeness (QED) is 0.833. The molecule has 0 aliphatic carbocycles. The largest absolute Gasteiger partial charge is 0.408 e. The molecular weight excluding hydrogens is 265 g/mol. The van der Waals surface area contributed by atoms with Crippen LogP contribution in [0.15, 0.2) is 5.38 Å². The maximum absolute atomic E-state index is 12.7. The van der Waals surface area contributed by atoms with E-state index in [0.717, 1.165) is 9.91 Å². The number of thiazole rings is 1. The molecule has 18 heavy (non-hydrogen) atoms. The number of alkyl halides is 3. The maximum Gasteiger partial charge on any atom is 0.408 e. The number of aryl methyl sites for hydroxylation is 1. The molecule has 1 atom stereocenters. The van der Waals surface area contributed by atoms with Crippen molar-refractivity contribution in [1.82, 2.24) is 9.88 Å². The Bertz CT molecular complexity index is 444. The SMILES string of the molecule is Cc1nc(CC(=O)N2CCCC2C(F)(F)F)cs1. The highest BCUT2D eigenvalue weighted by Gasteiger charge is 2.47. The summed E-state index contributed by atoms with van der Waals surface area (Å²) in [5.41, 5.74) is 0.551. The van der Waals surface area contributed by atoms with Crippen molar-refractivity contribution in [3.63, 3.8) is 0 Å². The number of aromatic nitrogens is 1. The lowest BCUT2D eigenvalue weighted by molar-refractivity contribution is -0.182. The predicted molar refractivity (Wildman–Crippen MR) is 61.3 cm³/mol. The third kappa shape index (κ3) is 2.82. The average Bonchev–Trinajstić information content (AvgIpc) is 2.85. The minimum absolute atomic E-state index is 0.00529. The number of halogens is 3. The Balaban J connectivity index is 2.04. The topological polar surface area (TPSA) is 33.2 Å². The summed E-state index contributed by atoms with van der Waals surface area (Å²) in [5, 5.41) is 2.53. The standard InChI is InChI=1S/C11H13F3N2OS/c1-7-15-8(6-18-7)5-10(17)16-4-2-3-9(16)11(12,13)14/h6,9H,2-5H2,1H3. The van der Waals surface area contributed by atoms with Gasteiger partial charge in [-0.1, -0.05) is 0 Å². The fraction of sp³-hybridized carbons (Fsp3) is 0.636. The molecule has 1 amide bonds. The fourth-order valence-corrected chi connectivity index (χ4v) is 2.76. The first-order valence-corrected chi connectivity index (χ1v) is 6.53. The van der Waals surface area contributed by atoms with E-state index >= 15 is 0 Å². The predicted octanol–water partition coefficient (Wildman–Crippen LogP) is 2.55. The summed E-state index contributed by atoms with van der Waals surface area (Å²) in [6.07, 6.45) is -3.96. The van der Waals surface area contributed by atoms with Gasteiger partial charge in [-0.25, -0.2) is 4.98 Å². The molecule has 0 bridgehead atoms. The lowest BCUT2D eigenvalue weighted by atomic mass is 10.2. The van der Waals surface area contributed by atoms with Crippen LogP contribution in [0.3, 0.4) is 0 Å². The van der Waals surface area contributed by atoms with Crippen LogP contribution in [-0.4, -0.2) is 34.6 Å². The smallest absolute Gasteiger partial charge is 0.330 e. The normalized spacial score (nSPS) is 20.4. The van der Waals surface area contributed by atoms with Crippen LogP contribution in [0.25, 0.3) is 0 Å². The minimum atomic E-state index is -4.33. The highest BCUT2D eigenvalue weighted by atomic mass is 32.1. The van der Waals surface area contributed by atoms with Gasteiger partial charge in [0.1, 0.15) is 6.04 Å². The van der Waals surface area contributed by atoms with Gasteiger partial charge in [-0.2, -0.15) is 13.2 Å². The summed E-state index contributed by atoms with van der Waals surface area (Å²) < 4.78 is 38.1. The van der Waals surface area contributed by atoms with Crippen LogP contribution in [0.5, 0.6) is 0 Å². The van der Waals surface area contributed by atoms with Gasteiger partial charge in [0.2, 0.25) is 5.91 Å². The number of amides is 1. The van der Waals surface area contributed by atoms with Crippen LogP contribution in [0.4, 0.5) is 13.2 Å². The van der Waals surface area contributed by atoms with Gasteiger partial charge in [0.05, 0.1) is 17.1 Å². The Labute approximate surface area is 107 Å². The van der Waals surface area contributed by atoms with Crippen molar-refractivity contribution in [3.8, 4) is 0 Å². The summed E-state index contributed by atoms with van der Waals surface area (Å²) in [6.45, 7) is 1.99. The molecule has 1 aliphatic rings. The lowest BCUT2D eigenvalue weighted by Gasteiger charge is -2.26. The van der Waals surface area contributed by atoms with E-state index in [4.69, 9.17) is 0 Å². The molecule has 0 spiro atoms. The van der Waals surface area contributed by atoms with E-state index in [1.165, 1.54) is 11.3 Å². The molecular formula is C11H13F3N2OS. The highest BCUT2D eigenvalue weighted by molar-refractivity contribution is 7.09. The Hall–Kier alpha value is -1.11. The van der Waals surface area contributed by atoms with Crippen LogP contribution in [0.1, 0.15) is 23.5 Å². The van der Waals surface area contributed by atoms with Crippen molar-refractivity contribution < 1.29 is 18.0 Å². The molecule has 0 aromatic carbocycles. The van der Waals surface area contributed by atoms with Crippen LogP contribution in [0.2, 0.25) is 0 Å². The Morgan fingerprint density at radius 2 is 2.33 bits per heavy atom. The summed E-state index contributed by atoms with van der Waals surface area (Å²) in [5.74, 6) is -0.486. The maximum atomic E-state index is 12.7. The number of rotatable bonds is 2. The molecule has 1 unspecified atom stereocenters. The van der Waals surface area contributed by atoms with Gasteiger partial charge in [0.25, 0.3) is 0 Å². The van der Waals surface area contributed by atoms with Gasteiger partial charge in [0.15, 0.2) is 0 Å². The van der Waals surface area contributed by atoms with Crippen LogP contribution >= 0.6 is 11.3 Å². The van der Waals surface area contributed by atoms with Crippen molar-refractivity contribution >= 4 is 17.2 Å². The zero-order valence-corrected chi connectivity index (χ0v) is 10.6. The number of carbonyl (C=O) groups is 1. The molecule has 100 valence electrons.